The van der Waals surface area contributed by atoms with Crippen molar-refractivity contribution in [3.63, 3.8) is 0 Å². The Morgan fingerprint density at radius 3 is 2.68 bits per heavy atom. The molecule has 1 aliphatic rings. The summed E-state index contributed by atoms with van der Waals surface area (Å²) >= 11 is 0. The summed E-state index contributed by atoms with van der Waals surface area (Å²) in [6.45, 7) is 1.99. The third kappa shape index (κ3) is 3.81. The van der Waals surface area contributed by atoms with Crippen molar-refractivity contribution in [2.24, 2.45) is 11.8 Å². The van der Waals surface area contributed by atoms with Crippen LogP contribution in [0, 0.1) is 23.5 Å². The third-order valence-electron chi connectivity index (χ3n) is 4.01. The van der Waals surface area contributed by atoms with Crippen LogP contribution in [0.15, 0.2) is 18.2 Å². The number of aliphatic carboxylic acids is 1. The van der Waals surface area contributed by atoms with E-state index < -0.39 is 23.5 Å². The molecule has 22 heavy (non-hydrogen) atoms. The number of amides is 1. The van der Waals surface area contributed by atoms with Crippen molar-refractivity contribution >= 4 is 11.9 Å². The van der Waals surface area contributed by atoms with Gasteiger partial charge in [-0.1, -0.05) is 19.4 Å². The quantitative estimate of drug-likeness (QED) is 0.813. The van der Waals surface area contributed by atoms with E-state index in [9.17, 15) is 18.4 Å². The normalized spacial score (nSPS) is 21.2. The van der Waals surface area contributed by atoms with E-state index >= 15 is 0 Å². The van der Waals surface area contributed by atoms with Gasteiger partial charge in [-0.05, 0) is 36.5 Å². The van der Waals surface area contributed by atoms with Gasteiger partial charge in [-0.15, -0.1) is 0 Å². The molecule has 2 rings (SSSR count). The fraction of sp³-hybridized carbons (Fsp3) is 0.500. The van der Waals surface area contributed by atoms with Crippen LogP contribution in [0.4, 0.5) is 8.78 Å². The van der Waals surface area contributed by atoms with Crippen molar-refractivity contribution in [1.29, 1.82) is 0 Å². The number of nitrogens with one attached hydrogen (secondary N) is 1. The number of rotatable bonds is 7. The molecule has 0 aliphatic heterocycles. The summed E-state index contributed by atoms with van der Waals surface area (Å²) in [6, 6.07) is 3.65. The fourth-order valence-corrected chi connectivity index (χ4v) is 2.61. The zero-order valence-electron chi connectivity index (χ0n) is 12.3. The lowest BCUT2D eigenvalue weighted by atomic mass is 10.0. The lowest BCUT2D eigenvalue weighted by Crippen LogP contribution is -2.34. The summed E-state index contributed by atoms with van der Waals surface area (Å²) in [7, 11) is 0. The molecule has 2 N–H and O–H groups in total. The molecule has 1 aromatic rings. The van der Waals surface area contributed by atoms with Crippen molar-refractivity contribution < 1.29 is 23.5 Å². The highest BCUT2D eigenvalue weighted by atomic mass is 19.2. The molecule has 6 heteroatoms. The topological polar surface area (TPSA) is 66.4 Å². The number of hydrogen-bond donors (Lipinski definition) is 2. The Hall–Kier alpha value is -1.98. The number of carboxylic acids is 1. The van der Waals surface area contributed by atoms with Crippen LogP contribution < -0.4 is 5.32 Å². The van der Waals surface area contributed by atoms with Crippen LogP contribution in [0.1, 0.15) is 37.7 Å². The van der Waals surface area contributed by atoms with E-state index in [4.69, 9.17) is 5.11 Å². The fourth-order valence-electron chi connectivity index (χ4n) is 2.61. The molecule has 0 aromatic heterocycles. The predicted octanol–water partition coefficient (Wildman–Crippen LogP) is 2.69. The summed E-state index contributed by atoms with van der Waals surface area (Å²) in [4.78, 5) is 23.0. The Morgan fingerprint density at radius 1 is 1.36 bits per heavy atom. The van der Waals surface area contributed by atoms with E-state index in [-0.39, 0.29) is 24.3 Å². The second-order valence-corrected chi connectivity index (χ2v) is 5.69. The van der Waals surface area contributed by atoms with Gasteiger partial charge in [-0.3, -0.25) is 9.59 Å². The number of halogens is 2. The highest BCUT2D eigenvalue weighted by molar-refractivity contribution is 5.83. The molecule has 0 radical (unpaired) electrons. The zero-order chi connectivity index (χ0) is 16.3. The van der Waals surface area contributed by atoms with E-state index in [0.29, 0.717) is 18.4 Å². The SMILES string of the molecule is CCCC(CNC(=O)C1CC1c1ccc(F)c(F)c1)C(=O)O. The summed E-state index contributed by atoms with van der Waals surface area (Å²) in [5.74, 6) is -3.97. The van der Waals surface area contributed by atoms with Crippen molar-refractivity contribution in [1.82, 2.24) is 5.32 Å². The second kappa shape index (κ2) is 6.85. The van der Waals surface area contributed by atoms with Gasteiger partial charge in [0, 0.05) is 12.5 Å². The Bertz CT molecular complexity index is 577. The number of benzene rings is 1. The van der Waals surface area contributed by atoms with Gasteiger partial charge in [0.25, 0.3) is 0 Å². The van der Waals surface area contributed by atoms with Crippen LogP contribution >= 0.6 is 0 Å². The van der Waals surface area contributed by atoms with Gasteiger partial charge in [-0.25, -0.2) is 8.78 Å². The predicted molar refractivity (Wildman–Crippen MR) is 76.2 cm³/mol. The van der Waals surface area contributed by atoms with Crippen LogP contribution in [0.5, 0.6) is 0 Å². The number of carboxylic acid groups (broad SMARTS) is 1. The lowest BCUT2D eigenvalue weighted by molar-refractivity contribution is -0.142. The Labute approximate surface area is 127 Å². The molecule has 1 aliphatic carbocycles. The molecular weight excluding hydrogens is 292 g/mol. The summed E-state index contributed by atoms with van der Waals surface area (Å²) in [5, 5.41) is 11.7. The minimum Gasteiger partial charge on any atom is -0.481 e. The Balaban J connectivity index is 1.87. The molecule has 0 saturated heterocycles. The monoisotopic (exact) mass is 311 g/mol. The van der Waals surface area contributed by atoms with Crippen LogP contribution in [0.25, 0.3) is 0 Å². The molecule has 1 amide bonds. The van der Waals surface area contributed by atoms with Gasteiger partial charge >= 0.3 is 5.97 Å². The third-order valence-corrected chi connectivity index (χ3v) is 4.01. The van der Waals surface area contributed by atoms with Crippen LogP contribution in [0.2, 0.25) is 0 Å². The van der Waals surface area contributed by atoms with Crippen molar-refractivity contribution in [3.8, 4) is 0 Å². The number of carbonyl (C=O) groups excluding carboxylic acids is 1. The molecular formula is C16H19F2NO3. The van der Waals surface area contributed by atoms with E-state index in [1.54, 1.807) is 0 Å². The van der Waals surface area contributed by atoms with E-state index in [1.807, 2.05) is 6.92 Å². The maximum atomic E-state index is 13.2. The minimum absolute atomic E-state index is 0.100. The van der Waals surface area contributed by atoms with Crippen LogP contribution in [-0.2, 0) is 9.59 Å². The molecule has 0 spiro atoms. The maximum Gasteiger partial charge on any atom is 0.308 e. The summed E-state index contributed by atoms with van der Waals surface area (Å²) in [5.41, 5.74) is 0.599. The minimum atomic E-state index is -0.921. The van der Waals surface area contributed by atoms with Gasteiger partial charge in [0.15, 0.2) is 11.6 Å². The first-order valence-electron chi connectivity index (χ1n) is 7.39. The largest absolute Gasteiger partial charge is 0.481 e. The summed E-state index contributed by atoms with van der Waals surface area (Å²) in [6.07, 6.45) is 1.81. The first-order chi connectivity index (χ1) is 10.4. The molecule has 0 bridgehead atoms. The van der Waals surface area contributed by atoms with Gasteiger partial charge in [0.05, 0.1) is 5.92 Å². The van der Waals surface area contributed by atoms with Crippen LogP contribution in [0.3, 0.4) is 0 Å². The molecule has 120 valence electrons. The Morgan fingerprint density at radius 2 is 2.09 bits per heavy atom. The van der Waals surface area contributed by atoms with Crippen molar-refractivity contribution in [2.75, 3.05) is 6.54 Å². The lowest BCUT2D eigenvalue weighted by Gasteiger charge is -2.12. The van der Waals surface area contributed by atoms with Gasteiger partial charge in [0.1, 0.15) is 0 Å². The second-order valence-electron chi connectivity index (χ2n) is 5.69. The smallest absolute Gasteiger partial charge is 0.308 e. The first-order valence-corrected chi connectivity index (χ1v) is 7.39. The van der Waals surface area contributed by atoms with E-state index in [2.05, 4.69) is 5.32 Å². The average Bonchev–Trinajstić information content (AvgIpc) is 3.26. The maximum absolute atomic E-state index is 13.2. The standard InChI is InChI=1S/C16H19F2NO3/c1-2-3-10(16(21)22)8-19-15(20)12-7-11(12)9-4-5-13(17)14(18)6-9/h4-6,10-12H,2-3,7-8H2,1H3,(H,19,20)(H,21,22). The van der Waals surface area contributed by atoms with Gasteiger partial charge < -0.3 is 10.4 Å². The molecule has 4 nitrogen and oxygen atoms in total. The highest BCUT2D eigenvalue weighted by Gasteiger charge is 2.44. The van der Waals surface area contributed by atoms with Gasteiger partial charge in [-0.2, -0.15) is 0 Å². The van der Waals surface area contributed by atoms with Crippen molar-refractivity contribution in [2.45, 2.75) is 32.1 Å². The summed E-state index contributed by atoms with van der Waals surface area (Å²) < 4.78 is 26.1. The van der Waals surface area contributed by atoms with Crippen molar-refractivity contribution in [3.05, 3.63) is 35.4 Å². The molecule has 1 saturated carbocycles. The number of carbonyl (C=O) groups is 2. The Kier molecular flexibility index (Phi) is 5.11. The highest BCUT2D eigenvalue weighted by Crippen LogP contribution is 2.47. The molecule has 1 aromatic carbocycles. The van der Waals surface area contributed by atoms with Gasteiger partial charge in [0.2, 0.25) is 5.91 Å². The first kappa shape index (κ1) is 16.4. The molecule has 3 atom stereocenters. The molecule has 3 unspecified atom stereocenters. The molecule has 1 fully saturated rings. The van der Waals surface area contributed by atoms with E-state index in [0.717, 1.165) is 18.6 Å². The van der Waals surface area contributed by atoms with E-state index in [1.165, 1.54) is 6.07 Å². The zero-order valence-corrected chi connectivity index (χ0v) is 12.3. The average molecular weight is 311 g/mol. The van der Waals surface area contributed by atoms with Crippen LogP contribution in [-0.4, -0.2) is 23.5 Å². The molecule has 0 heterocycles. The number of hydrogen-bond acceptors (Lipinski definition) is 2.